The van der Waals surface area contributed by atoms with Gasteiger partial charge >= 0.3 is 0 Å². The summed E-state index contributed by atoms with van der Waals surface area (Å²) in [6.07, 6.45) is 5.26. The molecule has 0 fully saturated rings. The molecule has 1 aromatic heterocycles. The molecule has 168 valence electrons. The Bertz CT molecular complexity index is 1280. The van der Waals surface area contributed by atoms with Crippen molar-refractivity contribution >= 4 is 32.4 Å². The molecule has 32 heavy (non-hydrogen) atoms. The molecule has 0 aliphatic carbocycles. The van der Waals surface area contributed by atoms with E-state index in [0.717, 1.165) is 22.0 Å². The van der Waals surface area contributed by atoms with Crippen LogP contribution in [0.5, 0.6) is 0 Å². The number of aromatic nitrogens is 1. The molecule has 1 amide bonds. The molecule has 6 nitrogen and oxygen atoms in total. The van der Waals surface area contributed by atoms with Crippen molar-refractivity contribution in [2.45, 2.75) is 37.6 Å². The Kier molecular flexibility index (Phi) is 6.17. The molecule has 0 spiro atoms. The van der Waals surface area contributed by atoms with Crippen LogP contribution in [0.4, 0.5) is 4.39 Å². The first-order valence-electron chi connectivity index (χ1n) is 10.7. The van der Waals surface area contributed by atoms with Gasteiger partial charge in [0.15, 0.2) is 0 Å². The summed E-state index contributed by atoms with van der Waals surface area (Å²) in [5.41, 5.74) is 3.34. The zero-order chi connectivity index (χ0) is 22.9. The van der Waals surface area contributed by atoms with Gasteiger partial charge in [-0.1, -0.05) is 13.0 Å². The summed E-state index contributed by atoms with van der Waals surface area (Å²) in [7, 11) is -3.60. The number of rotatable bonds is 6. The number of hydrogen-bond donors (Lipinski definition) is 2. The number of nitrogens with one attached hydrogen (secondary N) is 2. The standard InChI is InChI=1S/C24H26FN3O3S/c1-3-16(2)27-32(30,31)20-7-4-18(5-8-20)24(29)28-12-10-17(11-13-28)22-15-26-23-14-19(25)6-9-21(22)23/h4-10,14-16,26-27H,3,11-13H2,1-2H3. The van der Waals surface area contributed by atoms with Crippen molar-refractivity contribution in [3.05, 3.63) is 71.7 Å². The van der Waals surface area contributed by atoms with Crippen LogP contribution >= 0.6 is 0 Å². The van der Waals surface area contributed by atoms with Crippen molar-refractivity contribution < 1.29 is 17.6 Å². The molecule has 1 atom stereocenters. The first-order valence-corrected chi connectivity index (χ1v) is 12.1. The minimum absolute atomic E-state index is 0.139. The van der Waals surface area contributed by atoms with E-state index in [2.05, 4.69) is 9.71 Å². The molecular weight excluding hydrogens is 429 g/mol. The Morgan fingerprint density at radius 2 is 1.97 bits per heavy atom. The lowest BCUT2D eigenvalue weighted by molar-refractivity contribution is 0.0773. The summed E-state index contributed by atoms with van der Waals surface area (Å²) in [4.78, 5) is 17.9. The Labute approximate surface area is 187 Å². The summed E-state index contributed by atoms with van der Waals surface area (Å²) >= 11 is 0. The van der Waals surface area contributed by atoms with Gasteiger partial charge in [0, 0.05) is 47.4 Å². The van der Waals surface area contributed by atoms with E-state index in [1.807, 2.05) is 26.1 Å². The summed E-state index contributed by atoms with van der Waals surface area (Å²) in [6, 6.07) is 10.6. The van der Waals surface area contributed by atoms with Crippen LogP contribution in [-0.2, 0) is 10.0 Å². The van der Waals surface area contributed by atoms with Gasteiger partial charge in [-0.05, 0) is 67.8 Å². The lowest BCUT2D eigenvalue weighted by atomic mass is 9.98. The smallest absolute Gasteiger partial charge is 0.254 e. The van der Waals surface area contributed by atoms with E-state index in [-0.39, 0.29) is 22.7 Å². The van der Waals surface area contributed by atoms with Gasteiger partial charge in [0.25, 0.3) is 5.91 Å². The van der Waals surface area contributed by atoms with E-state index in [0.29, 0.717) is 31.5 Å². The Balaban J connectivity index is 1.46. The van der Waals surface area contributed by atoms with Gasteiger partial charge in [-0.2, -0.15) is 0 Å². The second kappa shape index (κ2) is 8.88. The molecule has 2 aromatic carbocycles. The Morgan fingerprint density at radius 1 is 1.22 bits per heavy atom. The van der Waals surface area contributed by atoms with Crippen LogP contribution in [0.3, 0.4) is 0 Å². The van der Waals surface area contributed by atoms with Crippen molar-refractivity contribution in [3.8, 4) is 0 Å². The molecule has 2 heterocycles. The molecule has 1 aliphatic heterocycles. The fraction of sp³-hybridized carbons (Fsp3) is 0.292. The first-order chi connectivity index (χ1) is 15.3. The predicted molar refractivity (Wildman–Crippen MR) is 123 cm³/mol. The van der Waals surface area contributed by atoms with Crippen molar-refractivity contribution in [3.63, 3.8) is 0 Å². The molecule has 3 aromatic rings. The van der Waals surface area contributed by atoms with Gasteiger partial charge in [0.2, 0.25) is 10.0 Å². The zero-order valence-corrected chi connectivity index (χ0v) is 18.9. The lowest BCUT2D eigenvalue weighted by Gasteiger charge is -2.26. The molecule has 0 bridgehead atoms. The van der Waals surface area contributed by atoms with Gasteiger partial charge in [0.1, 0.15) is 5.82 Å². The molecule has 8 heteroatoms. The number of H-pyrrole nitrogens is 1. The number of halogens is 1. The van der Waals surface area contributed by atoms with E-state index in [4.69, 9.17) is 0 Å². The van der Waals surface area contributed by atoms with Crippen LogP contribution in [0.25, 0.3) is 16.5 Å². The van der Waals surface area contributed by atoms with E-state index in [9.17, 15) is 17.6 Å². The molecule has 1 unspecified atom stereocenters. The zero-order valence-electron chi connectivity index (χ0n) is 18.1. The van der Waals surface area contributed by atoms with E-state index < -0.39 is 10.0 Å². The number of hydrogen-bond acceptors (Lipinski definition) is 3. The van der Waals surface area contributed by atoms with Crippen LogP contribution in [-0.4, -0.2) is 43.3 Å². The maximum atomic E-state index is 13.4. The normalized spacial score (nSPS) is 15.6. The maximum Gasteiger partial charge on any atom is 0.254 e. The minimum Gasteiger partial charge on any atom is -0.360 e. The number of nitrogens with zero attached hydrogens (tertiary/aromatic N) is 1. The van der Waals surface area contributed by atoms with Gasteiger partial charge in [-0.25, -0.2) is 17.5 Å². The molecular formula is C24H26FN3O3S. The van der Waals surface area contributed by atoms with Crippen molar-refractivity contribution in [1.29, 1.82) is 0 Å². The van der Waals surface area contributed by atoms with Gasteiger partial charge in [-0.3, -0.25) is 4.79 Å². The van der Waals surface area contributed by atoms with E-state index in [1.165, 1.54) is 24.3 Å². The van der Waals surface area contributed by atoms with Gasteiger partial charge < -0.3 is 9.88 Å². The third-order valence-electron chi connectivity index (χ3n) is 5.87. The highest BCUT2D eigenvalue weighted by Gasteiger charge is 2.22. The van der Waals surface area contributed by atoms with Crippen molar-refractivity contribution in [1.82, 2.24) is 14.6 Å². The third-order valence-corrected chi connectivity index (χ3v) is 7.47. The monoisotopic (exact) mass is 455 g/mol. The number of sulfonamides is 1. The van der Waals surface area contributed by atoms with E-state index in [1.54, 1.807) is 23.1 Å². The van der Waals surface area contributed by atoms with Crippen molar-refractivity contribution in [2.75, 3.05) is 13.1 Å². The summed E-state index contributed by atoms with van der Waals surface area (Å²) in [5, 5.41) is 0.959. The molecule has 0 saturated carbocycles. The Hall–Kier alpha value is -2.97. The lowest BCUT2D eigenvalue weighted by Crippen LogP contribution is -2.35. The van der Waals surface area contributed by atoms with Gasteiger partial charge in [-0.15, -0.1) is 0 Å². The van der Waals surface area contributed by atoms with Gasteiger partial charge in [0.05, 0.1) is 4.90 Å². The quantitative estimate of drug-likeness (QED) is 0.581. The predicted octanol–water partition coefficient (Wildman–Crippen LogP) is 4.31. The highest BCUT2D eigenvalue weighted by Crippen LogP contribution is 2.30. The van der Waals surface area contributed by atoms with Crippen LogP contribution in [0.1, 0.15) is 42.6 Å². The molecule has 2 N–H and O–H groups in total. The highest BCUT2D eigenvalue weighted by atomic mass is 32.2. The second-order valence-corrected chi connectivity index (χ2v) is 9.79. The van der Waals surface area contributed by atoms with E-state index >= 15 is 0 Å². The number of benzene rings is 2. The SMILES string of the molecule is CCC(C)NS(=O)(=O)c1ccc(C(=O)N2CC=C(c3c[nH]c4cc(F)ccc34)CC2)cc1. The number of carbonyl (C=O) groups is 1. The van der Waals surface area contributed by atoms with Crippen LogP contribution in [0, 0.1) is 5.82 Å². The fourth-order valence-electron chi connectivity index (χ4n) is 3.84. The summed E-state index contributed by atoms with van der Waals surface area (Å²) in [5.74, 6) is -0.421. The minimum atomic E-state index is -3.60. The van der Waals surface area contributed by atoms with Crippen molar-refractivity contribution in [2.24, 2.45) is 0 Å². The average Bonchev–Trinajstić information content (AvgIpc) is 3.21. The summed E-state index contributed by atoms with van der Waals surface area (Å²) < 4.78 is 40.9. The fourth-order valence-corrected chi connectivity index (χ4v) is 5.16. The maximum absolute atomic E-state index is 13.4. The number of amides is 1. The topological polar surface area (TPSA) is 82.3 Å². The average molecular weight is 456 g/mol. The number of aromatic amines is 1. The number of fused-ring (bicyclic) bond motifs is 1. The largest absolute Gasteiger partial charge is 0.360 e. The first kappa shape index (κ1) is 22.2. The second-order valence-electron chi connectivity index (χ2n) is 8.08. The molecule has 0 radical (unpaired) electrons. The Morgan fingerprint density at radius 3 is 2.62 bits per heavy atom. The summed E-state index contributed by atoms with van der Waals surface area (Å²) in [6.45, 7) is 4.72. The molecule has 4 rings (SSSR count). The number of carbonyl (C=O) groups excluding carboxylic acids is 1. The molecule has 0 saturated heterocycles. The van der Waals surface area contributed by atoms with Crippen LogP contribution in [0.15, 0.2) is 59.6 Å². The van der Waals surface area contributed by atoms with Crippen LogP contribution in [0.2, 0.25) is 0 Å². The molecule has 1 aliphatic rings. The third kappa shape index (κ3) is 4.47. The van der Waals surface area contributed by atoms with Crippen LogP contribution < -0.4 is 4.72 Å². The highest BCUT2D eigenvalue weighted by molar-refractivity contribution is 7.89.